The van der Waals surface area contributed by atoms with E-state index in [2.05, 4.69) is 96.2 Å². The molecular weight excluding hydrogens is 435 g/mol. The molecule has 5 aromatic rings. The van der Waals surface area contributed by atoms with Crippen LogP contribution in [-0.2, 0) is 6.16 Å². The Hall–Kier alpha value is -3.26. The Morgan fingerprint density at radius 1 is 0.625 bits per heavy atom. The minimum atomic E-state index is -2.08. The molecule has 0 radical (unpaired) electrons. The Labute approximate surface area is 193 Å². The monoisotopic (exact) mass is 455 g/mol. The topological polar surface area (TPSA) is 38.9 Å². The quantitative estimate of drug-likeness (QED) is 0.300. The van der Waals surface area contributed by atoms with E-state index < -0.39 is 7.26 Å². The van der Waals surface area contributed by atoms with Crippen molar-refractivity contribution in [1.29, 1.82) is 0 Å². The van der Waals surface area contributed by atoms with Gasteiger partial charge in [0.15, 0.2) is 6.16 Å². The highest BCUT2D eigenvalue weighted by atomic mass is 35.5. The highest BCUT2D eigenvalue weighted by molar-refractivity contribution is 7.95. The summed E-state index contributed by atoms with van der Waals surface area (Å²) >= 11 is 6.04. The maximum atomic E-state index is 6.04. The van der Waals surface area contributed by atoms with Gasteiger partial charge in [-0.05, 0) is 60.7 Å². The fraction of sp³-hybridized carbons (Fsp3) is 0.0370. The number of rotatable bonds is 6. The Bertz CT molecular complexity index is 1190. The van der Waals surface area contributed by atoms with Crippen LogP contribution in [-0.4, -0.2) is 10.1 Å². The third kappa shape index (κ3) is 3.98. The average molecular weight is 456 g/mol. The van der Waals surface area contributed by atoms with E-state index in [0.29, 0.717) is 22.9 Å². The first-order chi connectivity index (χ1) is 15.8. The first kappa shape index (κ1) is 20.6. The van der Waals surface area contributed by atoms with Crippen molar-refractivity contribution in [2.75, 3.05) is 0 Å². The number of hydrogen-bond acceptors (Lipinski definition) is 3. The van der Waals surface area contributed by atoms with E-state index >= 15 is 0 Å². The van der Waals surface area contributed by atoms with E-state index in [9.17, 15) is 0 Å². The standard InChI is InChI=1S/C27H21ClN2OP/c28-22-18-16-21(17-19-22)27-29-26(31-30-27)20-32(23-10-4-1-5-11-23,24-12-6-2-7-13-24)25-14-8-3-9-15-25/h1-19H,20H2/q+1. The van der Waals surface area contributed by atoms with Gasteiger partial charge in [-0.25, -0.2) is 0 Å². The lowest BCUT2D eigenvalue weighted by molar-refractivity contribution is 0.391. The second-order valence-electron chi connectivity index (χ2n) is 7.49. The fourth-order valence-corrected chi connectivity index (χ4v) is 8.15. The summed E-state index contributed by atoms with van der Waals surface area (Å²) in [6.07, 6.45) is 0.644. The molecule has 0 aliphatic rings. The largest absolute Gasteiger partial charge is 0.335 e. The lowest BCUT2D eigenvalue weighted by Gasteiger charge is -2.26. The molecule has 0 saturated carbocycles. The van der Waals surface area contributed by atoms with Gasteiger partial charge in [0.05, 0.1) is 0 Å². The lowest BCUT2D eigenvalue weighted by Crippen LogP contribution is -2.32. The van der Waals surface area contributed by atoms with Gasteiger partial charge in [0.2, 0.25) is 5.82 Å². The van der Waals surface area contributed by atoms with Crippen molar-refractivity contribution >= 4 is 34.8 Å². The highest BCUT2D eigenvalue weighted by Crippen LogP contribution is 2.57. The molecule has 0 saturated heterocycles. The van der Waals surface area contributed by atoms with E-state index in [1.54, 1.807) is 0 Å². The average Bonchev–Trinajstić information content (AvgIpc) is 3.33. The van der Waals surface area contributed by atoms with Crippen molar-refractivity contribution in [3.05, 3.63) is 126 Å². The van der Waals surface area contributed by atoms with Crippen molar-refractivity contribution in [3.8, 4) is 11.4 Å². The first-order valence-electron chi connectivity index (χ1n) is 10.4. The van der Waals surface area contributed by atoms with Gasteiger partial charge in [-0.1, -0.05) is 71.4 Å². The van der Waals surface area contributed by atoms with Crippen molar-refractivity contribution in [3.63, 3.8) is 0 Å². The van der Waals surface area contributed by atoms with E-state index in [1.165, 1.54) is 15.9 Å². The molecule has 3 nitrogen and oxygen atoms in total. The molecule has 0 amide bonds. The van der Waals surface area contributed by atoms with Gasteiger partial charge in [0.25, 0.3) is 5.89 Å². The predicted octanol–water partition coefficient (Wildman–Crippen LogP) is 5.88. The summed E-state index contributed by atoms with van der Waals surface area (Å²) in [5.74, 6) is 1.20. The summed E-state index contributed by atoms with van der Waals surface area (Å²) in [6.45, 7) is 0. The number of halogens is 1. The zero-order valence-electron chi connectivity index (χ0n) is 17.3. The number of aromatic nitrogens is 2. The smallest absolute Gasteiger partial charge is 0.265 e. The number of hydrogen-bond donors (Lipinski definition) is 0. The Morgan fingerprint density at radius 3 is 1.56 bits per heavy atom. The van der Waals surface area contributed by atoms with Crippen molar-refractivity contribution in [1.82, 2.24) is 10.1 Å². The molecule has 0 fully saturated rings. The normalized spacial score (nSPS) is 11.4. The summed E-state index contributed by atoms with van der Waals surface area (Å²) in [7, 11) is -2.08. The van der Waals surface area contributed by atoms with Crippen molar-refractivity contribution < 1.29 is 4.52 Å². The summed E-state index contributed by atoms with van der Waals surface area (Å²) in [6, 6.07) is 39.5. The van der Waals surface area contributed by atoms with Crippen molar-refractivity contribution in [2.24, 2.45) is 0 Å². The molecule has 0 N–H and O–H groups in total. The molecule has 0 spiro atoms. The minimum Gasteiger partial charge on any atom is -0.335 e. The molecule has 0 unspecified atom stereocenters. The maximum Gasteiger partial charge on any atom is 0.265 e. The summed E-state index contributed by atoms with van der Waals surface area (Å²) in [4.78, 5) is 4.78. The second kappa shape index (κ2) is 9.08. The van der Waals surface area contributed by atoms with Crippen LogP contribution in [0.3, 0.4) is 0 Å². The molecule has 156 valence electrons. The second-order valence-corrected chi connectivity index (χ2v) is 11.4. The highest BCUT2D eigenvalue weighted by Gasteiger charge is 2.47. The fourth-order valence-electron chi connectivity index (χ4n) is 4.01. The summed E-state index contributed by atoms with van der Waals surface area (Å²) in [5.41, 5.74) is 0.882. The van der Waals surface area contributed by atoms with Crippen LogP contribution in [0.2, 0.25) is 5.02 Å². The lowest BCUT2D eigenvalue weighted by atomic mass is 10.2. The van der Waals surface area contributed by atoms with E-state index in [0.717, 1.165) is 5.56 Å². The molecule has 5 heteroatoms. The van der Waals surface area contributed by atoms with Gasteiger partial charge >= 0.3 is 0 Å². The molecule has 32 heavy (non-hydrogen) atoms. The minimum absolute atomic E-state index is 0.573. The van der Waals surface area contributed by atoms with Gasteiger partial charge in [-0.3, -0.25) is 0 Å². The molecular formula is C27H21ClN2OP+. The van der Waals surface area contributed by atoms with Gasteiger partial charge in [0, 0.05) is 10.6 Å². The third-order valence-electron chi connectivity index (χ3n) is 5.53. The summed E-state index contributed by atoms with van der Waals surface area (Å²) in [5, 5.41) is 8.79. The molecule has 1 aromatic heterocycles. The molecule has 1 heterocycles. The van der Waals surface area contributed by atoms with Crippen LogP contribution >= 0.6 is 18.9 Å². The number of nitrogens with zero attached hydrogens (tertiary/aromatic N) is 2. The molecule has 0 atom stereocenters. The van der Waals surface area contributed by atoms with Gasteiger partial charge in [-0.2, -0.15) is 4.98 Å². The molecule has 5 rings (SSSR count). The third-order valence-corrected chi connectivity index (χ3v) is 10.1. The van der Waals surface area contributed by atoms with Crippen LogP contribution < -0.4 is 15.9 Å². The molecule has 4 aromatic carbocycles. The van der Waals surface area contributed by atoms with Crippen LogP contribution in [0.1, 0.15) is 5.89 Å². The van der Waals surface area contributed by atoms with E-state index in [4.69, 9.17) is 21.1 Å². The first-order valence-corrected chi connectivity index (χ1v) is 12.7. The zero-order chi connectivity index (χ0) is 21.8. The zero-order valence-corrected chi connectivity index (χ0v) is 19.0. The Morgan fingerprint density at radius 2 is 1.09 bits per heavy atom. The van der Waals surface area contributed by atoms with Crippen molar-refractivity contribution in [2.45, 2.75) is 6.16 Å². The van der Waals surface area contributed by atoms with Gasteiger partial charge in [-0.15, -0.1) is 0 Å². The predicted molar refractivity (Wildman–Crippen MR) is 134 cm³/mol. The van der Waals surface area contributed by atoms with Crippen LogP contribution in [0.4, 0.5) is 0 Å². The van der Waals surface area contributed by atoms with Crippen LogP contribution in [0.5, 0.6) is 0 Å². The maximum absolute atomic E-state index is 6.04. The molecule has 0 aliphatic carbocycles. The summed E-state index contributed by atoms with van der Waals surface area (Å²) < 4.78 is 5.80. The Kier molecular flexibility index (Phi) is 5.85. The van der Waals surface area contributed by atoms with Gasteiger partial charge < -0.3 is 4.52 Å². The van der Waals surface area contributed by atoms with Crippen LogP contribution in [0.15, 0.2) is 120 Å². The molecule has 0 aliphatic heterocycles. The van der Waals surface area contributed by atoms with E-state index in [-0.39, 0.29) is 0 Å². The van der Waals surface area contributed by atoms with E-state index in [1.807, 2.05) is 24.3 Å². The number of benzene rings is 4. The van der Waals surface area contributed by atoms with Crippen LogP contribution in [0.25, 0.3) is 11.4 Å². The van der Waals surface area contributed by atoms with Crippen LogP contribution in [0, 0.1) is 0 Å². The van der Waals surface area contributed by atoms with Gasteiger partial charge in [0.1, 0.15) is 23.2 Å². The Balaban J connectivity index is 1.66. The molecule has 0 bridgehead atoms. The SMILES string of the molecule is Clc1ccc(-c2noc(C[P+](c3ccccc3)(c3ccccc3)c3ccccc3)n2)cc1.